The molecule has 0 saturated heterocycles. The number of rotatable bonds is 6. The molecule has 0 fully saturated rings. The summed E-state index contributed by atoms with van der Waals surface area (Å²) in [7, 11) is 0. The van der Waals surface area contributed by atoms with Crippen molar-refractivity contribution in [1.29, 1.82) is 0 Å². The van der Waals surface area contributed by atoms with Crippen molar-refractivity contribution in [3.05, 3.63) is 24.0 Å². The minimum atomic E-state index is -0.966. The van der Waals surface area contributed by atoms with Gasteiger partial charge in [0.2, 0.25) is 0 Å². The van der Waals surface area contributed by atoms with Gasteiger partial charge in [-0.2, -0.15) is 0 Å². The molecule has 1 aromatic rings. The smallest absolute Gasteiger partial charge is 0.319 e. The second kappa shape index (κ2) is 7.21. The van der Waals surface area contributed by atoms with E-state index in [1.807, 2.05) is 0 Å². The maximum Gasteiger partial charge on any atom is 0.319 e. The van der Waals surface area contributed by atoms with E-state index in [0.717, 1.165) is 0 Å². The Bertz CT molecular complexity index is 408. The second-order valence-electron chi connectivity index (χ2n) is 3.53. The van der Waals surface area contributed by atoms with Gasteiger partial charge in [0.25, 0.3) is 0 Å². The summed E-state index contributed by atoms with van der Waals surface area (Å²) in [4.78, 5) is 25.6. The number of carbonyl (C=O) groups is 2. The minimum absolute atomic E-state index is 0.164. The molecule has 0 radical (unpaired) electrons. The number of nitrogens with one attached hydrogen (secondary N) is 2. The highest BCUT2D eigenvalue weighted by Crippen LogP contribution is 2.06. The molecule has 1 rings (SSSR count). The Morgan fingerprint density at radius 1 is 1.39 bits per heavy atom. The first kappa shape index (κ1) is 13.9. The molecule has 0 bridgehead atoms. The van der Waals surface area contributed by atoms with Gasteiger partial charge in [0, 0.05) is 6.54 Å². The predicted octanol–water partition coefficient (Wildman–Crippen LogP) is 1.19. The quantitative estimate of drug-likeness (QED) is 0.666. The third-order valence-corrected chi connectivity index (χ3v) is 2.01. The van der Waals surface area contributed by atoms with Gasteiger partial charge in [-0.25, -0.2) is 4.79 Å². The van der Waals surface area contributed by atoms with Crippen LogP contribution in [0, 0.1) is 0 Å². The summed E-state index contributed by atoms with van der Waals surface area (Å²) in [6, 6.07) is 2.63. The van der Waals surface area contributed by atoms with Crippen molar-refractivity contribution < 1.29 is 19.1 Å². The topological polar surface area (TPSA) is 91.3 Å². The highest BCUT2D eigenvalue weighted by Gasteiger charge is 2.04. The molecule has 0 aliphatic carbocycles. The SMILES string of the molecule is O=C(O)Cc1ccc(NC(=O)NCCCF)cn1. The lowest BCUT2D eigenvalue weighted by molar-refractivity contribution is -0.136. The first-order valence-corrected chi connectivity index (χ1v) is 5.39. The van der Waals surface area contributed by atoms with E-state index < -0.39 is 18.7 Å². The van der Waals surface area contributed by atoms with Gasteiger partial charge in [0.15, 0.2) is 0 Å². The van der Waals surface area contributed by atoms with Crippen molar-refractivity contribution in [3.63, 3.8) is 0 Å². The average Bonchev–Trinajstić information content (AvgIpc) is 2.31. The average molecular weight is 255 g/mol. The number of hydrogen-bond donors (Lipinski definition) is 3. The molecule has 1 aromatic heterocycles. The first-order valence-electron chi connectivity index (χ1n) is 5.39. The number of urea groups is 1. The van der Waals surface area contributed by atoms with E-state index in [4.69, 9.17) is 5.11 Å². The number of halogens is 1. The van der Waals surface area contributed by atoms with Crippen LogP contribution < -0.4 is 10.6 Å². The number of pyridine rings is 1. The van der Waals surface area contributed by atoms with E-state index in [9.17, 15) is 14.0 Å². The molecular weight excluding hydrogens is 241 g/mol. The van der Waals surface area contributed by atoms with Crippen molar-refractivity contribution >= 4 is 17.7 Å². The summed E-state index contributed by atoms with van der Waals surface area (Å²) in [6.07, 6.45) is 1.47. The van der Waals surface area contributed by atoms with Gasteiger partial charge >= 0.3 is 12.0 Å². The van der Waals surface area contributed by atoms with Gasteiger partial charge in [-0.1, -0.05) is 0 Å². The minimum Gasteiger partial charge on any atom is -0.481 e. The van der Waals surface area contributed by atoms with Crippen LogP contribution in [0.15, 0.2) is 18.3 Å². The Hall–Kier alpha value is -2.18. The number of aromatic nitrogens is 1. The predicted molar refractivity (Wildman–Crippen MR) is 63.2 cm³/mol. The Labute approximate surface area is 103 Å². The van der Waals surface area contributed by atoms with Crippen molar-refractivity contribution in [2.24, 2.45) is 0 Å². The third-order valence-electron chi connectivity index (χ3n) is 2.01. The number of alkyl halides is 1. The molecule has 0 spiro atoms. The number of carboxylic acids is 1. The molecule has 0 aliphatic heterocycles. The fourth-order valence-electron chi connectivity index (χ4n) is 1.20. The summed E-state index contributed by atoms with van der Waals surface area (Å²) in [5.74, 6) is -0.966. The van der Waals surface area contributed by atoms with Gasteiger partial charge in [0.05, 0.1) is 30.7 Å². The van der Waals surface area contributed by atoms with Crippen LogP contribution in [0.2, 0.25) is 0 Å². The van der Waals surface area contributed by atoms with Crippen molar-refractivity contribution in [3.8, 4) is 0 Å². The number of aliphatic carboxylic acids is 1. The van der Waals surface area contributed by atoms with Crippen LogP contribution in [-0.4, -0.2) is 35.3 Å². The fraction of sp³-hybridized carbons (Fsp3) is 0.364. The molecule has 0 aromatic carbocycles. The highest BCUT2D eigenvalue weighted by atomic mass is 19.1. The molecule has 3 N–H and O–H groups in total. The number of carbonyl (C=O) groups excluding carboxylic acids is 1. The molecule has 0 atom stereocenters. The Morgan fingerprint density at radius 3 is 2.72 bits per heavy atom. The number of hydrogen-bond acceptors (Lipinski definition) is 3. The molecule has 0 aliphatic rings. The lowest BCUT2D eigenvalue weighted by atomic mass is 10.2. The number of carboxylic acid groups (broad SMARTS) is 1. The molecule has 1 heterocycles. The molecule has 0 saturated carbocycles. The van der Waals surface area contributed by atoms with Gasteiger partial charge < -0.3 is 15.7 Å². The van der Waals surface area contributed by atoms with E-state index in [-0.39, 0.29) is 19.4 Å². The van der Waals surface area contributed by atoms with Crippen LogP contribution in [-0.2, 0) is 11.2 Å². The fourth-order valence-corrected chi connectivity index (χ4v) is 1.20. The van der Waals surface area contributed by atoms with Crippen LogP contribution in [0.5, 0.6) is 0 Å². The largest absolute Gasteiger partial charge is 0.481 e. The maximum atomic E-state index is 11.8. The maximum absolute atomic E-state index is 11.8. The number of amides is 2. The Kier molecular flexibility index (Phi) is 5.56. The zero-order valence-corrected chi connectivity index (χ0v) is 9.65. The summed E-state index contributed by atoms with van der Waals surface area (Å²) in [5, 5.41) is 13.5. The van der Waals surface area contributed by atoms with Gasteiger partial charge in [-0.15, -0.1) is 0 Å². The lowest BCUT2D eigenvalue weighted by Gasteiger charge is -2.06. The van der Waals surface area contributed by atoms with Gasteiger partial charge in [0.1, 0.15) is 0 Å². The second-order valence-corrected chi connectivity index (χ2v) is 3.53. The first-order chi connectivity index (χ1) is 8.61. The van der Waals surface area contributed by atoms with Crippen LogP contribution in [0.3, 0.4) is 0 Å². The molecule has 98 valence electrons. The van der Waals surface area contributed by atoms with E-state index in [1.165, 1.54) is 12.3 Å². The van der Waals surface area contributed by atoms with Crippen LogP contribution in [0.25, 0.3) is 0 Å². The summed E-state index contributed by atoms with van der Waals surface area (Å²) in [6.45, 7) is -0.224. The van der Waals surface area contributed by atoms with E-state index in [1.54, 1.807) is 6.07 Å². The molecular formula is C11H14FN3O3. The van der Waals surface area contributed by atoms with Gasteiger partial charge in [-0.3, -0.25) is 14.2 Å². The molecule has 0 unspecified atom stereocenters. The van der Waals surface area contributed by atoms with E-state index in [2.05, 4.69) is 15.6 Å². The molecule has 7 heteroatoms. The number of nitrogens with zero attached hydrogens (tertiary/aromatic N) is 1. The van der Waals surface area contributed by atoms with Crippen molar-refractivity contribution in [2.45, 2.75) is 12.8 Å². The van der Waals surface area contributed by atoms with E-state index in [0.29, 0.717) is 11.4 Å². The van der Waals surface area contributed by atoms with Crippen LogP contribution in [0.1, 0.15) is 12.1 Å². The standard InChI is InChI=1S/C11H14FN3O3/c12-4-1-5-13-11(18)15-9-3-2-8(14-7-9)6-10(16)17/h2-3,7H,1,4-6H2,(H,16,17)(H2,13,15,18). The highest BCUT2D eigenvalue weighted by molar-refractivity contribution is 5.88. The monoisotopic (exact) mass is 255 g/mol. The Balaban J connectivity index is 2.43. The molecule has 2 amide bonds. The zero-order valence-electron chi connectivity index (χ0n) is 9.65. The summed E-state index contributed by atoms with van der Waals surface area (Å²) < 4.78 is 11.8. The summed E-state index contributed by atoms with van der Waals surface area (Å²) >= 11 is 0. The molecule has 18 heavy (non-hydrogen) atoms. The number of anilines is 1. The zero-order chi connectivity index (χ0) is 13.4. The van der Waals surface area contributed by atoms with Crippen molar-refractivity contribution in [1.82, 2.24) is 10.3 Å². The third kappa shape index (κ3) is 5.24. The van der Waals surface area contributed by atoms with Crippen molar-refractivity contribution in [2.75, 3.05) is 18.5 Å². The summed E-state index contributed by atoms with van der Waals surface area (Å²) in [5.41, 5.74) is 0.854. The Morgan fingerprint density at radius 2 is 2.17 bits per heavy atom. The molecule has 6 nitrogen and oxygen atoms in total. The van der Waals surface area contributed by atoms with Crippen LogP contribution in [0.4, 0.5) is 14.9 Å². The lowest BCUT2D eigenvalue weighted by Crippen LogP contribution is -2.29. The van der Waals surface area contributed by atoms with E-state index >= 15 is 0 Å². The van der Waals surface area contributed by atoms with Crippen LogP contribution >= 0.6 is 0 Å². The normalized spacial score (nSPS) is 9.83. The van der Waals surface area contributed by atoms with Gasteiger partial charge in [-0.05, 0) is 18.6 Å².